The van der Waals surface area contributed by atoms with Crippen LogP contribution in [-0.4, -0.2) is 22.7 Å². The van der Waals surface area contributed by atoms with Gasteiger partial charge < -0.3 is 4.12 Å². The van der Waals surface area contributed by atoms with E-state index in [9.17, 15) is 0 Å². The van der Waals surface area contributed by atoms with Gasteiger partial charge in [0, 0.05) is 5.38 Å². The van der Waals surface area contributed by atoms with Gasteiger partial charge in [0.1, 0.15) is 0 Å². The van der Waals surface area contributed by atoms with Crippen LogP contribution in [0.15, 0.2) is 0 Å². The minimum Gasteiger partial charge on any atom is -0.458 e. The molecule has 0 spiro atoms. The van der Waals surface area contributed by atoms with Crippen molar-refractivity contribution in [3.63, 3.8) is 0 Å². The molecule has 0 atom stereocenters. The SMILES string of the molecule is C[SiH](C)O[Si](C)(C)CS. The number of thiol groups is 1. The highest BCUT2D eigenvalue weighted by Crippen LogP contribution is 2.07. The Labute approximate surface area is 66.1 Å². The molecule has 0 unspecified atom stereocenters. The van der Waals surface area contributed by atoms with E-state index in [0.29, 0.717) is 0 Å². The third kappa shape index (κ3) is 5.20. The Hall–Kier alpha value is 0.744. The Bertz CT molecular complexity index is 85.0. The maximum absolute atomic E-state index is 5.79. The van der Waals surface area contributed by atoms with Gasteiger partial charge in [-0.25, -0.2) is 0 Å². The van der Waals surface area contributed by atoms with Crippen molar-refractivity contribution >= 4 is 30.0 Å². The lowest BCUT2D eigenvalue weighted by Crippen LogP contribution is -2.37. The monoisotopic (exact) mass is 180 g/mol. The summed E-state index contributed by atoms with van der Waals surface area (Å²) in [6, 6.07) is 0. The second-order valence-electron chi connectivity index (χ2n) is 3.08. The van der Waals surface area contributed by atoms with E-state index >= 15 is 0 Å². The highest BCUT2D eigenvalue weighted by Gasteiger charge is 2.20. The Morgan fingerprint density at radius 3 is 2.00 bits per heavy atom. The fourth-order valence-corrected chi connectivity index (χ4v) is 6.75. The van der Waals surface area contributed by atoms with Crippen molar-refractivity contribution in [1.82, 2.24) is 0 Å². The van der Waals surface area contributed by atoms with Crippen LogP contribution in [0.25, 0.3) is 0 Å². The predicted octanol–water partition coefficient (Wildman–Crippen LogP) is 1.66. The first kappa shape index (κ1) is 9.74. The Balaban J connectivity index is 3.58. The molecule has 0 heterocycles. The molecule has 0 N–H and O–H groups in total. The molecule has 0 aromatic carbocycles. The standard InChI is InChI=1S/C5H16OSSi2/c1-8(2)6-9(3,4)5-7/h7-8H,5H2,1-4H3. The molecule has 0 radical (unpaired) electrons. The number of hydrogen-bond donors (Lipinski definition) is 1. The van der Waals surface area contributed by atoms with Gasteiger partial charge in [0.2, 0.25) is 0 Å². The maximum atomic E-state index is 5.79. The lowest BCUT2D eigenvalue weighted by Gasteiger charge is -2.23. The van der Waals surface area contributed by atoms with Crippen LogP contribution < -0.4 is 0 Å². The molecule has 0 saturated heterocycles. The fourth-order valence-electron chi connectivity index (χ4n) is 0.675. The van der Waals surface area contributed by atoms with Crippen molar-refractivity contribution in [2.75, 3.05) is 5.38 Å². The van der Waals surface area contributed by atoms with Gasteiger partial charge in [-0.3, -0.25) is 0 Å². The summed E-state index contributed by atoms with van der Waals surface area (Å²) in [5, 5.41) is 0.943. The first-order valence-electron chi connectivity index (χ1n) is 3.26. The molecule has 0 aromatic rings. The molecular weight excluding hydrogens is 164 g/mol. The van der Waals surface area contributed by atoms with Crippen molar-refractivity contribution < 1.29 is 4.12 Å². The number of hydrogen-bond acceptors (Lipinski definition) is 2. The maximum Gasteiger partial charge on any atom is 0.182 e. The molecule has 0 aliphatic rings. The molecular formula is C5H16OSSi2. The second kappa shape index (κ2) is 3.80. The van der Waals surface area contributed by atoms with Crippen LogP contribution in [0.1, 0.15) is 0 Å². The first-order valence-corrected chi connectivity index (χ1v) is 9.79. The summed E-state index contributed by atoms with van der Waals surface area (Å²) in [6.45, 7) is 8.84. The van der Waals surface area contributed by atoms with E-state index in [2.05, 4.69) is 38.8 Å². The van der Waals surface area contributed by atoms with Crippen LogP contribution in [0.3, 0.4) is 0 Å². The van der Waals surface area contributed by atoms with Crippen LogP contribution in [0, 0.1) is 0 Å². The predicted molar refractivity (Wildman–Crippen MR) is 51.3 cm³/mol. The Kier molecular flexibility index (Phi) is 4.12. The molecule has 0 rings (SSSR count). The van der Waals surface area contributed by atoms with Crippen LogP contribution in [-0.2, 0) is 4.12 Å². The summed E-state index contributed by atoms with van der Waals surface area (Å²) in [7, 11) is -2.11. The average molecular weight is 180 g/mol. The van der Waals surface area contributed by atoms with Gasteiger partial charge in [-0.15, -0.1) is 0 Å². The Morgan fingerprint density at radius 2 is 1.89 bits per heavy atom. The highest BCUT2D eigenvalue weighted by atomic mass is 32.1. The van der Waals surface area contributed by atoms with E-state index in [1.165, 1.54) is 0 Å². The van der Waals surface area contributed by atoms with Gasteiger partial charge >= 0.3 is 0 Å². The molecule has 0 saturated carbocycles. The summed E-state index contributed by atoms with van der Waals surface area (Å²) in [5.41, 5.74) is 0. The van der Waals surface area contributed by atoms with E-state index in [4.69, 9.17) is 4.12 Å². The summed E-state index contributed by atoms with van der Waals surface area (Å²) in [6.07, 6.45) is 0. The van der Waals surface area contributed by atoms with Crippen LogP contribution in [0.5, 0.6) is 0 Å². The van der Waals surface area contributed by atoms with Crippen molar-refractivity contribution in [2.45, 2.75) is 26.2 Å². The third-order valence-corrected chi connectivity index (χ3v) is 8.42. The zero-order valence-electron chi connectivity index (χ0n) is 6.64. The molecule has 9 heavy (non-hydrogen) atoms. The van der Waals surface area contributed by atoms with Gasteiger partial charge in [0.15, 0.2) is 17.4 Å². The van der Waals surface area contributed by atoms with E-state index in [-0.39, 0.29) is 0 Å². The van der Waals surface area contributed by atoms with E-state index < -0.39 is 17.4 Å². The zero-order valence-corrected chi connectivity index (χ0v) is 9.69. The molecule has 0 aliphatic carbocycles. The van der Waals surface area contributed by atoms with Crippen LogP contribution >= 0.6 is 12.6 Å². The van der Waals surface area contributed by atoms with Gasteiger partial charge in [-0.05, 0) is 26.2 Å². The van der Waals surface area contributed by atoms with Gasteiger partial charge in [0.25, 0.3) is 0 Å². The molecule has 0 amide bonds. The molecule has 1 nitrogen and oxygen atoms in total. The first-order chi connectivity index (χ1) is 3.98. The van der Waals surface area contributed by atoms with E-state index in [1.54, 1.807) is 0 Å². The Morgan fingerprint density at radius 1 is 1.44 bits per heavy atom. The number of rotatable bonds is 3. The minimum absolute atomic E-state index is 0.800. The van der Waals surface area contributed by atoms with Crippen molar-refractivity contribution in [1.29, 1.82) is 0 Å². The topological polar surface area (TPSA) is 9.23 Å². The smallest absolute Gasteiger partial charge is 0.182 e. The second-order valence-corrected chi connectivity index (χ2v) is 10.9. The molecule has 0 aliphatic heterocycles. The van der Waals surface area contributed by atoms with Crippen molar-refractivity contribution in [3.8, 4) is 0 Å². The van der Waals surface area contributed by atoms with Gasteiger partial charge in [0.05, 0.1) is 0 Å². The van der Waals surface area contributed by atoms with Crippen LogP contribution in [0.4, 0.5) is 0 Å². The van der Waals surface area contributed by atoms with Crippen molar-refractivity contribution in [3.05, 3.63) is 0 Å². The average Bonchev–Trinajstić information content (AvgIpc) is 1.63. The van der Waals surface area contributed by atoms with E-state index in [0.717, 1.165) is 5.38 Å². The zero-order chi connectivity index (χ0) is 7.49. The normalized spacial score (nSPS) is 12.7. The summed E-state index contributed by atoms with van der Waals surface area (Å²) >= 11 is 4.23. The van der Waals surface area contributed by atoms with Gasteiger partial charge in [-0.2, -0.15) is 12.6 Å². The summed E-state index contributed by atoms with van der Waals surface area (Å²) < 4.78 is 5.79. The van der Waals surface area contributed by atoms with E-state index in [1.807, 2.05) is 0 Å². The highest BCUT2D eigenvalue weighted by molar-refractivity contribution is 7.82. The van der Waals surface area contributed by atoms with Crippen LogP contribution in [0.2, 0.25) is 26.2 Å². The summed E-state index contributed by atoms with van der Waals surface area (Å²) in [4.78, 5) is 0. The van der Waals surface area contributed by atoms with Gasteiger partial charge in [-0.1, -0.05) is 0 Å². The molecule has 0 bridgehead atoms. The quantitative estimate of drug-likeness (QED) is 0.513. The van der Waals surface area contributed by atoms with Crippen molar-refractivity contribution in [2.24, 2.45) is 0 Å². The largest absolute Gasteiger partial charge is 0.458 e. The molecule has 56 valence electrons. The molecule has 0 aromatic heterocycles. The molecule has 0 fully saturated rings. The third-order valence-electron chi connectivity index (χ3n) is 0.936. The lowest BCUT2D eigenvalue weighted by atomic mass is 11.8. The molecule has 4 heteroatoms. The summed E-state index contributed by atoms with van der Waals surface area (Å²) in [5.74, 6) is 0. The fraction of sp³-hybridized carbons (Fsp3) is 1.00. The lowest BCUT2D eigenvalue weighted by molar-refractivity contribution is 0.582. The minimum atomic E-state index is -1.31.